The summed E-state index contributed by atoms with van der Waals surface area (Å²) in [5.74, 6) is 0. The average Bonchev–Trinajstić information content (AvgIpc) is 2.80. The second-order valence-electron chi connectivity index (χ2n) is 3.35. The highest BCUT2D eigenvalue weighted by Gasteiger charge is 2.04. The van der Waals surface area contributed by atoms with Crippen LogP contribution in [0.25, 0.3) is 0 Å². The summed E-state index contributed by atoms with van der Waals surface area (Å²) in [5.41, 5.74) is 1.32. The van der Waals surface area contributed by atoms with E-state index in [1.54, 1.807) is 11.3 Å². The molecule has 0 atom stereocenters. The molecule has 1 N–H and O–H groups in total. The highest BCUT2D eigenvalue weighted by atomic mass is 79.9. The standard InChI is InChI=1S/C11H13BrN2S/c1-13-7-9-3-2-5-14(9)8-11-10(12)4-6-15-11/h2-6,13H,7-8H2,1H3. The maximum Gasteiger partial charge on any atom is 0.0578 e. The molecule has 0 unspecified atom stereocenters. The van der Waals surface area contributed by atoms with E-state index in [0.717, 1.165) is 13.1 Å². The number of aromatic nitrogens is 1. The van der Waals surface area contributed by atoms with Crippen molar-refractivity contribution in [2.75, 3.05) is 7.05 Å². The van der Waals surface area contributed by atoms with Gasteiger partial charge in [0.25, 0.3) is 0 Å². The van der Waals surface area contributed by atoms with Crippen molar-refractivity contribution in [1.82, 2.24) is 9.88 Å². The van der Waals surface area contributed by atoms with Gasteiger partial charge in [-0.1, -0.05) is 0 Å². The van der Waals surface area contributed by atoms with E-state index >= 15 is 0 Å². The van der Waals surface area contributed by atoms with Gasteiger partial charge in [0.15, 0.2) is 0 Å². The van der Waals surface area contributed by atoms with Gasteiger partial charge >= 0.3 is 0 Å². The lowest BCUT2D eigenvalue weighted by molar-refractivity contribution is 0.698. The highest BCUT2D eigenvalue weighted by molar-refractivity contribution is 9.10. The van der Waals surface area contributed by atoms with Crippen molar-refractivity contribution in [2.45, 2.75) is 13.1 Å². The summed E-state index contributed by atoms with van der Waals surface area (Å²) in [7, 11) is 1.97. The molecule has 4 heteroatoms. The lowest BCUT2D eigenvalue weighted by Gasteiger charge is -2.07. The summed E-state index contributed by atoms with van der Waals surface area (Å²) in [6.07, 6.45) is 2.12. The Morgan fingerprint density at radius 3 is 3.00 bits per heavy atom. The molecule has 2 rings (SSSR count). The SMILES string of the molecule is CNCc1cccn1Cc1sccc1Br. The van der Waals surface area contributed by atoms with E-state index in [1.165, 1.54) is 15.0 Å². The van der Waals surface area contributed by atoms with Gasteiger partial charge in [0.05, 0.1) is 6.54 Å². The van der Waals surface area contributed by atoms with Crippen LogP contribution < -0.4 is 5.32 Å². The minimum absolute atomic E-state index is 0.913. The molecule has 2 aromatic rings. The second-order valence-corrected chi connectivity index (χ2v) is 5.20. The average molecular weight is 285 g/mol. The molecule has 0 spiro atoms. The van der Waals surface area contributed by atoms with Crippen molar-refractivity contribution < 1.29 is 0 Å². The van der Waals surface area contributed by atoms with E-state index in [9.17, 15) is 0 Å². The van der Waals surface area contributed by atoms with E-state index in [1.807, 2.05) is 7.05 Å². The monoisotopic (exact) mass is 284 g/mol. The predicted octanol–water partition coefficient (Wildman–Crippen LogP) is 3.08. The number of hydrogen-bond acceptors (Lipinski definition) is 2. The van der Waals surface area contributed by atoms with E-state index in [4.69, 9.17) is 0 Å². The van der Waals surface area contributed by atoms with Crippen LogP contribution in [0, 0.1) is 0 Å². The van der Waals surface area contributed by atoms with Gasteiger partial charge in [-0.05, 0) is 46.6 Å². The molecule has 0 saturated heterocycles. The number of thiophene rings is 1. The Labute approximate surface area is 102 Å². The quantitative estimate of drug-likeness (QED) is 0.913. The molecule has 80 valence electrons. The summed E-state index contributed by atoms with van der Waals surface area (Å²) in [5, 5.41) is 5.29. The fourth-order valence-electron chi connectivity index (χ4n) is 1.54. The Hall–Kier alpha value is -0.580. The van der Waals surface area contributed by atoms with Crippen LogP contribution >= 0.6 is 27.3 Å². The first-order chi connectivity index (χ1) is 7.31. The van der Waals surface area contributed by atoms with Crippen molar-refractivity contribution in [3.8, 4) is 0 Å². The van der Waals surface area contributed by atoms with Crippen molar-refractivity contribution in [1.29, 1.82) is 0 Å². The van der Waals surface area contributed by atoms with Crippen LogP contribution in [-0.4, -0.2) is 11.6 Å². The number of nitrogens with one attached hydrogen (secondary N) is 1. The zero-order chi connectivity index (χ0) is 10.7. The molecular weight excluding hydrogens is 272 g/mol. The molecule has 2 aromatic heterocycles. The molecule has 0 amide bonds. The Morgan fingerprint density at radius 1 is 1.47 bits per heavy atom. The lowest BCUT2D eigenvalue weighted by atomic mass is 10.4. The minimum atomic E-state index is 0.913. The Bertz CT molecular complexity index is 433. The van der Waals surface area contributed by atoms with Gasteiger partial charge in [-0.3, -0.25) is 0 Å². The van der Waals surface area contributed by atoms with E-state index in [-0.39, 0.29) is 0 Å². The van der Waals surface area contributed by atoms with Crippen molar-refractivity contribution in [3.63, 3.8) is 0 Å². The van der Waals surface area contributed by atoms with E-state index < -0.39 is 0 Å². The normalized spacial score (nSPS) is 10.8. The first-order valence-electron chi connectivity index (χ1n) is 4.81. The highest BCUT2D eigenvalue weighted by Crippen LogP contribution is 2.24. The van der Waals surface area contributed by atoms with Gasteiger partial charge in [-0.25, -0.2) is 0 Å². The third-order valence-electron chi connectivity index (χ3n) is 2.29. The molecule has 0 saturated carbocycles. The van der Waals surface area contributed by atoms with Crippen molar-refractivity contribution in [3.05, 3.63) is 44.8 Å². The molecule has 15 heavy (non-hydrogen) atoms. The molecule has 2 heterocycles. The van der Waals surface area contributed by atoms with Gasteiger partial charge in [-0.15, -0.1) is 11.3 Å². The van der Waals surface area contributed by atoms with Crippen LogP contribution in [0.15, 0.2) is 34.2 Å². The van der Waals surface area contributed by atoms with Crippen LogP contribution in [0.3, 0.4) is 0 Å². The second kappa shape index (κ2) is 4.96. The summed E-state index contributed by atoms with van der Waals surface area (Å²) >= 11 is 5.34. The third-order valence-corrected chi connectivity index (χ3v) is 4.20. The zero-order valence-corrected chi connectivity index (χ0v) is 10.9. The molecule has 0 aliphatic heterocycles. The molecule has 0 aliphatic carbocycles. The van der Waals surface area contributed by atoms with Crippen molar-refractivity contribution >= 4 is 27.3 Å². The summed E-state index contributed by atoms with van der Waals surface area (Å²) in [6.45, 7) is 1.86. The van der Waals surface area contributed by atoms with Gasteiger partial charge in [0.1, 0.15) is 0 Å². The van der Waals surface area contributed by atoms with Crippen LogP contribution in [0.4, 0.5) is 0 Å². The number of nitrogens with zero attached hydrogens (tertiary/aromatic N) is 1. The Balaban J connectivity index is 2.17. The number of hydrogen-bond donors (Lipinski definition) is 1. The smallest absolute Gasteiger partial charge is 0.0578 e. The lowest BCUT2D eigenvalue weighted by Crippen LogP contribution is -2.11. The topological polar surface area (TPSA) is 17.0 Å². The largest absolute Gasteiger partial charge is 0.345 e. The molecule has 0 bridgehead atoms. The molecule has 0 aromatic carbocycles. The number of halogens is 1. The van der Waals surface area contributed by atoms with Gasteiger partial charge < -0.3 is 9.88 Å². The summed E-state index contributed by atoms with van der Waals surface area (Å²) in [6, 6.07) is 6.34. The minimum Gasteiger partial charge on any atom is -0.345 e. The summed E-state index contributed by atoms with van der Waals surface area (Å²) < 4.78 is 3.48. The summed E-state index contributed by atoms with van der Waals surface area (Å²) in [4.78, 5) is 1.36. The zero-order valence-electron chi connectivity index (χ0n) is 8.53. The number of rotatable bonds is 4. The molecule has 0 fully saturated rings. The van der Waals surface area contributed by atoms with Gasteiger partial charge in [0, 0.05) is 27.8 Å². The van der Waals surface area contributed by atoms with Crippen LogP contribution in [0.1, 0.15) is 10.6 Å². The maximum atomic E-state index is 3.56. The van der Waals surface area contributed by atoms with Gasteiger partial charge in [0.2, 0.25) is 0 Å². The Kier molecular flexibility index (Phi) is 3.61. The Morgan fingerprint density at radius 2 is 2.33 bits per heavy atom. The fourth-order valence-corrected chi connectivity index (χ4v) is 3.01. The molecular formula is C11H13BrN2S. The maximum absolute atomic E-state index is 3.56. The van der Waals surface area contributed by atoms with Crippen LogP contribution in [0.2, 0.25) is 0 Å². The van der Waals surface area contributed by atoms with E-state index in [2.05, 4.69) is 55.6 Å². The molecule has 0 aliphatic rings. The molecule has 0 radical (unpaired) electrons. The fraction of sp³-hybridized carbons (Fsp3) is 0.273. The van der Waals surface area contributed by atoms with Crippen molar-refractivity contribution in [2.24, 2.45) is 0 Å². The predicted molar refractivity (Wildman–Crippen MR) is 68.3 cm³/mol. The van der Waals surface area contributed by atoms with Crippen LogP contribution in [-0.2, 0) is 13.1 Å². The first-order valence-corrected chi connectivity index (χ1v) is 6.49. The van der Waals surface area contributed by atoms with Crippen LogP contribution in [0.5, 0.6) is 0 Å². The third kappa shape index (κ3) is 2.51. The first kappa shape index (κ1) is 10.9. The van der Waals surface area contributed by atoms with E-state index in [0.29, 0.717) is 0 Å². The van der Waals surface area contributed by atoms with Gasteiger partial charge in [-0.2, -0.15) is 0 Å². The molecule has 2 nitrogen and oxygen atoms in total.